The number of nitrogen functional groups attached to an aromatic ring is 1. The van der Waals surface area contributed by atoms with E-state index in [-0.39, 0.29) is 5.97 Å². The lowest BCUT2D eigenvalue weighted by Crippen LogP contribution is -2.30. The van der Waals surface area contributed by atoms with Crippen molar-refractivity contribution in [2.45, 2.75) is 19.3 Å². The molecular weight excluding hydrogens is 180 g/mol. The van der Waals surface area contributed by atoms with E-state index in [4.69, 9.17) is 10.5 Å². The quantitative estimate of drug-likeness (QED) is 0.716. The van der Waals surface area contributed by atoms with E-state index in [2.05, 4.69) is 4.98 Å². The molecule has 1 aromatic rings. The van der Waals surface area contributed by atoms with Crippen LogP contribution in [0.1, 0.15) is 19.4 Å². The first-order chi connectivity index (χ1) is 6.48. The van der Waals surface area contributed by atoms with Crippen molar-refractivity contribution in [2.24, 2.45) is 0 Å². The molecule has 0 aromatic carbocycles. The number of pyridine rings is 1. The number of nitrogens with zero attached hydrogens (tertiary/aromatic N) is 1. The molecule has 0 atom stereocenters. The Labute approximate surface area is 83.1 Å². The van der Waals surface area contributed by atoms with Gasteiger partial charge in [0.05, 0.1) is 12.5 Å². The smallest absolute Gasteiger partial charge is 0.315 e. The van der Waals surface area contributed by atoms with Gasteiger partial charge < -0.3 is 10.5 Å². The lowest BCUT2D eigenvalue weighted by molar-refractivity contribution is -0.146. The van der Waals surface area contributed by atoms with E-state index < -0.39 is 5.41 Å². The number of anilines is 1. The van der Waals surface area contributed by atoms with E-state index in [9.17, 15) is 4.79 Å². The Bertz CT molecular complexity index is 348. The molecule has 0 aliphatic heterocycles. The average molecular weight is 194 g/mol. The number of hydrogen-bond acceptors (Lipinski definition) is 4. The predicted molar refractivity (Wildman–Crippen MR) is 53.7 cm³/mol. The molecule has 0 bridgehead atoms. The highest BCUT2D eigenvalue weighted by atomic mass is 16.5. The molecular formula is C10H14N2O2. The molecule has 76 valence electrons. The van der Waals surface area contributed by atoms with Gasteiger partial charge in [-0.05, 0) is 31.5 Å². The summed E-state index contributed by atoms with van der Waals surface area (Å²) in [5, 5.41) is 0. The van der Waals surface area contributed by atoms with Crippen molar-refractivity contribution in [2.75, 3.05) is 12.8 Å². The summed E-state index contributed by atoms with van der Waals surface area (Å²) in [7, 11) is 1.37. The molecule has 0 aliphatic carbocycles. The third-order valence-corrected chi connectivity index (χ3v) is 2.20. The standard InChI is InChI=1S/C10H14N2O2/c1-10(2,9(13)14-3)7-4-5-12-8(11)6-7/h4-6H,1-3H3,(H2,11,12). The van der Waals surface area contributed by atoms with Gasteiger partial charge in [-0.1, -0.05) is 0 Å². The summed E-state index contributed by atoms with van der Waals surface area (Å²) < 4.78 is 4.71. The van der Waals surface area contributed by atoms with Crippen LogP contribution in [-0.2, 0) is 14.9 Å². The molecule has 0 spiro atoms. The molecule has 0 aliphatic rings. The second-order valence-corrected chi connectivity index (χ2v) is 3.59. The van der Waals surface area contributed by atoms with Crippen molar-refractivity contribution in [3.63, 3.8) is 0 Å². The summed E-state index contributed by atoms with van der Waals surface area (Å²) in [6.45, 7) is 3.57. The Morgan fingerprint density at radius 2 is 2.21 bits per heavy atom. The molecule has 1 rings (SSSR count). The van der Waals surface area contributed by atoms with Gasteiger partial charge in [0.2, 0.25) is 0 Å². The zero-order valence-corrected chi connectivity index (χ0v) is 8.57. The highest BCUT2D eigenvalue weighted by molar-refractivity contribution is 5.82. The topological polar surface area (TPSA) is 65.2 Å². The first-order valence-corrected chi connectivity index (χ1v) is 4.29. The summed E-state index contributed by atoms with van der Waals surface area (Å²) in [5.74, 6) is 0.113. The molecule has 0 fully saturated rings. The highest BCUT2D eigenvalue weighted by Crippen LogP contribution is 2.24. The monoisotopic (exact) mass is 194 g/mol. The molecule has 0 radical (unpaired) electrons. The summed E-state index contributed by atoms with van der Waals surface area (Å²) in [4.78, 5) is 15.3. The van der Waals surface area contributed by atoms with E-state index in [1.54, 1.807) is 32.2 Å². The van der Waals surface area contributed by atoms with Gasteiger partial charge in [-0.15, -0.1) is 0 Å². The Kier molecular flexibility index (Phi) is 2.74. The number of hydrogen-bond donors (Lipinski definition) is 1. The molecule has 0 saturated heterocycles. The maximum atomic E-state index is 11.5. The van der Waals surface area contributed by atoms with Crippen LogP contribution in [0.25, 0.3) is 0 Å². The van der Waals surface area contributed by atoms with E-state index in [1.165, 1.54) is 7.11 Å². The van der Waals surface area contributed by atoms with Gasteiger partial charge in [0.15, 0.2) is 0 Å². The van der Waals surface area contributed by atoms with Crippen molar-refractivity contribution in [3.8, 4) is 0 Å². The number of methoxy groups -OCH3 is 1. The van der Waals surface area contributed by atoms with E-state index >= 15 is 0 Å². The van der Waals surface area contributed by atoms with Gasteiger partial charge in [-0.2, -0.15) is 0 Å². The van der Waals surface area contributed by atoms with Gasteiger partial charge in [0.1, 0.15) is 5.82 Å². The number of rotatable bonds is 2. The fourth-order valence-electron chi connectivity index (χ4n) is 1.21. The zero-order valence-electron chi connectivity index (χ0n) is 8.57. The van der Waals surface area contributed by atoms with Crippen LogP contribution < -0.4 is 5.73 Å². The van der Waals surface area contributed by atoms with Crippen LogP contribution in [0.15, 0.2) is 18.3 Å². The van der Waals surface area contributed by atoms with Crippen LogP contribution in [0, 0.1) is 0 Å². The molecule has 1 heterocycles. The predicted octanol–water partition coefficient (Wildman–Crippen LogP) is 1.11. The van der Waals surface area contributed by atoms with Crippen molar-refractivity contribution in [1.82, 2.24) is 4.98 Å². The third-order valence-electron chi connectivity index (χ3n) is 2.20. The summed E-state index contributed by atoms with van der Waals surface area (Å²) >= 11 is 0. The second kappa shape index (κ2) is 3.65. The van der Waals surface area contributed by atoms with Gasteiger partial charge in [0.25, 0.3) is 0 Å². The highest BCUT2D eigenvalue weighted by Gasteiger charge is 2.30. The Morgan fingerprint density at radius 3 is 2.71 bits per heavy atom. The van der Waals surface area contributed by atoms with Crippen LogP contribution in [0.3, 0.4) is 0 Å². The summed E-state index contributed by atoms with van der Waals surface area (Å²) in [6, 6.07) is 3.43. The van der Waals surface area contributed by atoms with Crippen molar-refractivity contribution in [3.05, 3.63) is 23.9 Å². The first kappa shape index (κ1) is 10.5. The minimum absolute atomic E-state index is 0.289. The minimum atomic E-state index is -0.689. The Hall–Kier alpha value is -1.58. The summed E-state index contributed by atoms with van der Waals surface area (Å²) in [5.41, 5.74) is 5.65. The van der Waals surface area contributed by atoms with Crippen molar-refractivity contribution in [1.29, 1.82) is 0 Å². The van der Waals surface area contributed by atoms with E-state index in [0.29, 0.717) is 5.82 Å². The number of carbonyl (C=O) groups is 1. The lowest BCUT2D eigenvalue weighted by atomic mass is 9.85. The zero-order chi connectivity index (χ0) is 10.8. The van der Waals surface area contributed by atoms with E-state index in [1.807, 2.05) is 0 Å². The minimum Gasteiger partial charge on any atom is -0.468 e. The van der Waals surface area contributed by atoms with Gasteiger partial charge in [-0.25, -0.2) is 4.98 Å². The maximum Gasteiger partial charge on any atom is 0.315 e. The van der Waals surface area contributed by atoms with Crippen molar-refractivity contribution >= 4 is 11.8 Å². The number of ether oxygens (including phenoxy) is 1. The fourth-order valence-corrected chi connectivity index (χ4v) is 1.21. The third kappa shape index (κ3) is 1.84. The fraction of sp³-hybridized carbons (Fsp3) is 0.400. The Morgan fingerprint density at radius 1 is 1.57 bits per heavy atom. The largest absolute Gasteiger partial charge is 0.468 e. The lowest BCUT2D eigenvalue weighted by Gasteiger charge is -2.21. The molecule has 0 amide bonds. The molecule has 0 unspecified atom stereocenters. The second-order valence-electron chi connectivity index (χ2n) is 3.59. The van der Waals surface area contributed by atoms with Crippen LogP contribution >= 0.6 is 0 Å². The average Bonchev–Trinajstić information content (AvgIpc) is 2.16. The van der Waals surface area contributed by atoms with Gasteiger partial charge in [0, 0.05) is 6.20 Å². The van der Waals surface area contributed by atoms with Crippen LogP contribution in [0.2, 0.25) is 0 Å². The first-order valence-electron chi connectivity index (χ1n) is 4.29. The van der Waals surface area contributed by atoms with Crippen LogP contribution in [0.4, 0.5) is 5.82 Å². The van der Waals surface area contributed by atoms with Crippen LogP contribution in [0.5, 0.6) is 0 Å². The van der Waals surface area contributed by atoms with E-state index in [0.717, 1.165) is 5.56 Å². The van der Waals surface area contributed by atoms with Gasteiger partial charge in [-0.3, -0.25) is 4.79 Å². The SMILES string of the molecule is COC(=O)C(C)(C)c1ccnc(N)c1. The number of carbonyl (C=O) groups excluding carboxylic acids is 1. The normalized spacial score (nSPS) is 11.1. The van der Waals surface area contributed by atoms with Crippen molar-refractivity contribution < 1.29 is 9.53 Å². The molecule has 14 heavy (non-hydrogen) atoms. The molecule has 4 heteroatoms. The molecule has 1 aromatic heterocycles. The Balaban J connectivity index is 3.09. The van der Waals surface area contributed by atoms with Crippen LogP contribution in [-0.4, -0.2) is 18.1 Å². The molecule has 2 N–H and O–H groups in total. The number of esters is 1. The maximum absolute atomic E-state index is 11.5. The molecule has 4 nitrogen and oxygen atoms in total. The summed E-state index contributed by atoms with van der Waals surface area (Å²) in [6.07, 6.45) is 1.58. The number of aromatic nitrogens is 1. The van der Waals surface area contributed by atoms with Gasteiger partial charge >= 0.3 is 5.97 Å². The number of nitrogens with two attached hydrogens (primary N) is 1. The molecule has 0 saturated carbocycles.